The van der Waals surface area contributed by atoms with Crippen LogP contribution in [0.25, 0.3) is 22.3 Å². The average Bonchev–Trinajstić information content (AvgIpc) is 3.54. The van der Waals surface area contributed by atoms with Gasteiger partial charge in [-0.1, -0.05) is 50.2 Å². The van der Waals surface area contributed by atoms with E-state index in [1.54, 1.807) is 9.80 Å². The lowest BCUT2D eigenvalue weighted by atomic mass is 9.76. The Bertz CT molecular complexity index is 1480. The maximum absolute atomic E-state index is 13.3. The molecule has 4 aromatic rings. The smallest absolute Gasteiger partial charge is 0.410 e. The SMILES string of the molecule is CC1(C)CCc2c(-c3cc4ccc(C(=O)N5CCN(C(=O)OCc6ccccc6)CC5)cc4[nH]3)n[nH]c2C1. The molecule has 196 valence electrons. The highest BCUT2D eigenvalue weighted by molar-refractivity contribution is 5.99. The molecule has 38 heavy (non-hydrogen) atoms. The Morgan fingerprint density at radius 1 is 1.00 bits per heavy atom. The number of hydrogen-bond donors (Lipinski definition) is 2. The molecule has 0 bridgehead atoms. The van der Waals surface area contributed by atoms with Crippen molar-refractivity contribution >= 4 is 22.9 Å². The lowest BCUT2D eigenvalue weighted by molar-refractivity contribution is 0.0544. The van der Waals surface area contributed by atoms with Crippen LogP contribution >= 0.6 is 0 Å². The summed E-state index contributed by atoms with van der Waals surface area (Å²) in [6, 6.07) is 17.5. The molecule has 8 heteroatoms. The lowest BCUT2D eigenvalue weighted by Gasteiger charge is -2.34. The minimum absolute atomic E-state index is 0.0280. The minimum atomic E-state index is -0.342. The number of hydrogen-bond acceptors (Lipinski definition) is 4. The Morgan fingerprint density at radius 3 is 2.55 bits per heavy atom. The van der Waals surface area contributed by atoms with Crippen LogP contribution in [0.3, 0.4) is 0 Å². The maximum Gasteiger partial charge on any atom is 0.410 e. The van der Waals surface area contributed by atoms with Gasteiger partial charge in [-0.3, -0.25) is 9.89 Å². The fourth-order valence-electron chi connectivity index (χ4n) is 5.54. The van der Waals surface area contributed by atoms with Gasteiger partial charge in [-0.05, 0) is 48.4 Å². The van der Waals surface area contributed by atoms with Crippen molar-refractivity contribution in [3.8, 4) is 11.4 Å². The van der Waals surface area contributed by atoms with Crippen molar-refractivity contribution in [1.82, 2.24) is 25.0 Å². The van der Waals surface area contributed by atoms with E-state index < -0.39 is 0 Å². The molecule has 0 atom stereocenters. The summed E-state index contributed by atoms with van der Waals surface area (Å²) < 4.78 is 5.45. The Hall–Kier alpha value is -4.07. The van der Waals surface area contributed by atoms with Gasteiger partial charge in [0.15, 0.2) is 0 Å². The van der Waals surface area contributed by atoms with Gasteiger partial charge >= 0.3 is 6.09 Å². The Kier molecular flexibility index (Phi) is 6.18. The Balaban J connectivity index is 1.10. The fourth-order valence-corrected chi connectivity index (χ4v) is 5.54. The quantitative estimate of drug-likeness (QED) is 0.395. The summed E-state index contributed by atoms with van der Waals surface area (Å²) in [6.45, 7) is 6.71. The summed E-state index contributed by atoms with van der Waals surface area (Å²) in [7, 11) is 0. The van der Waals surface area contributed by atoms with Crippen LogP contribution in [-0.4, -0.2) is 63.2 Å². The minimum Gasteiger partial charge on any atom is -0.445 e. The van der Waals surface area contributed by atoms with Crippen LogP contribution < -0.4 is 0 Å². The third-order valence-electron chi connectivity index (χ3n) is 7.81. The molecule has 6 rings (SSSR count). The lowest BCUT2D eigenvalue weighted by Crippen LogP contribution is -2.50. The molecule has 0 saturated carbocycles. The van der Waals surface area contributed by atoms with Gasteiger partial charge in [0, 0.05) is 53.9 Å². The van der Waals surface area contributed by atoms with Crippen molar-refractivity contribution in [3.05, 3.63) is 77.0 Å². The number of aromatic nitrogens is 3. The summed E-state index contributed by atoms with van der Waals surface area (Å²) in [5.41, 5.74) is 7.29. The van der Waals surface area contributed by atoms with E-state index in [4.69, 9.17) is 4.74 Å². The molecule has 2 amide bonds. The molecular formula is C30H33N5O3. The molecule has 1 saturated heterocycles. The molecule has 2 aromatic carbocycles. The molecule has 0 spiro atoms. The average molecular weight is 512 g/mol. The van der Waals surface area contributed by atoms with E-state index in [9.17, 15) is 9.59 Å². The molecule has 3 heterocycles. The van der Waals surface area contributed by atoms with Gasteiger partial charge in [0.25, 0.3) is 5.91 Å². The second-order valence-corrected chi connectivity index (χ2v) is 11.2. The first-order valence-electron chi connectivity index (χ1n) is 13.3. The molecule has 1 fully saturated rings. The molecule has 0 radical (unpaired) electrons. The van der Waals surface area contributed by atoms with E-state index in [-0.39, 0.29) is 18.6 Å². The van der Waals surface area contributed by atoms with Crippen molar-refractivity contribution in [2.45, 2.75) is 39.7 Å². The normalized spacial score (nSPS) is 16.9. The maximum atomic E-state index is 13.3. The number of nitrogens with zero attached hydrogens (tertiary/aromatic N) is 3. The topological polar surface area (TPSA) is 94.3 Å². The number of amides is 2. The van der Waals surface area contributed by atoms with Crippen LogP contribution in [0, 0.1) is 5.41 Å². The number of piperazine rings is 1. The number of nitrogens with one attached hydrogen (secondary N) is 2. The standard InChI is InChI=1S/C30H33N5O3/c1-30(2)11-10-23-26(18-30)32-33-27(23)25-16-21-8-9-22(17-24(21)31-25)28(36)34-12-14-35(15-13-34)29(37)38-19-20-6-4-3-5-7-20/h3-9,16-17,31H,10-15,18-19H2,1-2H3,(H,32,33). The van der Waals surface area contributed by atoms with Crippen LogP contribution in [0.15, 0.2) is 54.6 Å². The van der Waals surface area contributed by atoms with Gasteiger partial charge in [-0.2, -0.15) is 5.10 Å². The summed E-state index contributed by atoms with van der Waals surface area (Å²) in [6.07, 6.45) is 2.82. The van der Waals surface area contributed by atoms with Crippen molar-refractivity contribution in [2.24, 2.45) is 5.41 Å². The number of fused-ring (bicyclic) bond motifs is 2. The van der Waals surface area contributed by atoms with Crippen molar-refractivity contribution in [2.75, 3.05) is 26.2 Å². The van der Waals surface area contributed by atoms with Crippen molar-refractivity contribution in [1.29, 1.82) is 0 Å². The summed E-state index contributed by atoms with van der Waals surface area (Å²) in [4.78, 5) is 32.7. The number of benzene rings is 2. The number of H-pyrrole nitrogens is 2. The van der Waals surface area contributed by atoms with Gasteiger partial charge < -0.3 is 19.5 Å². The Morgan fingerprint density at radius 2 is 1.76 bits per heavy atom. The first-order valence-corrected chi connectivity index (χ1v) is 13.3. The highest BCUT2D eigenvalue weighted by atomic mass is 16.6. The van der Waals surface area contributed by atoms with Crippen LogP contribution in [0.4, 0.5) is 4.79 Å². The Labute approximate surface area is 222 Å². The predicted octanol–water partition coefficient (Wildman–Crippen LogP) is 5.17. The van der Waals surface area contributed by atoms with Crippen LogP contribution in [0.5, 0.6) is 0 Å². The molecule has 2 aliphatic rings. The van der Waals surface area contributed by atoms with Gasteiger partial charge in [0.2, 0.25) is 0 Å². The third kappa shape index (κ3) is 4.78. The highest BCUT2D eigenvalue weighted by Crippen LogP contribution is 2.38. The van der Waals surface area contributed by atoms with Crippen LogP contribution in [-0.2, 0) is 24.2 Å². The number of carbonyl (C=O) groups is 2. The summed E-state index contributed by atoms with van der Waals surface area (Å²) in [5, 5.41) is 8.95. The molecule has 8 nitrogen and oxygen atoms in total. The molecule has 0 unspecified atom stereocenters. The van der Waals surface area contributed by atoms with Gasteiger partial charge in [-0.15, -0.1) is 0 Å². The zero-order valence-electron chi connectivity index (χ0n) is 21.9. The van der Waals surface area contributed by atoms with Crippen molar-refractivity contribution < 1.29 is 14.3 Å². The fraction of sp³-hybridized carbons (Fsp3) is 0.367. The third-order valence-corrected chi connectivity index (χ3v) is 7.81. The molecule has 1 aliphatic heterocycles. The first-order chi connectivity index (χ1) is 18.4. The van der Waals surface area contributed by atoms with E-state index in [2.05, 4.69) is 35.1 Å². The molecule has 1 aliphatic carbocycles. The van der Waals surface area contributed by atoms with E-state index in [1.807, 2.05) is 48.5 Å². The van der Waals surface area contributed by atoms with Gasteiger partial charge in [0.05, 0.1) is 5.69 Å². The van der Waals surface area contributed by atoms with E-state index >= 15 is 0 Å². The number of rotatable bonds is 4. The molecular weight excluding hydrogens is 478 g/mol. The monoisotopic (exact) mass is 511 g/mol. The molecule has 2 N–H and O–H groups in total. The first kappa shape index (κ1) is 24.3. The van der Waals surface area contributed by atoms with E-state index in [0.717, 1.165) is 47.1 Å². The number of ether oxygens (including phenoxy) is 1. The van der Waals surface area contributed by atoms with Gasteiger partial charge in [-0.25, -0.2) is 4.79 Å². The number of carbonyl (C=O) groups excluding carboxylic acids is 2. The van der Waals surface area contributed by atoms with Gasteiger partial charge in [0.1, 0.15) is 12.3 Å². The predicted molar refractivity (Wildman–Crippen MR) is 146 cm³/mol. The second kappa shape index (κ2) is 9.67. The van der Waals surface area contributed by atoms with E-state index in [0.29, 0.717) is 37.2 Å². The second-order valence-electron chi connectivity index (χ2n) is 11.2. The summed E-state index contributed by atoms with van der Waals surface area (Å²) in [5.74, 6) is -0.0280. The zero-order chi connectivity index (χ0) is 26.3. The zero-order valence-corrected chi connectivity index (χ0v) is 21.9. The number of aromatic amines is 2. The van der Waals surface area contributed by atoms with Crippen LogP contribution in [0.2, 0.25) is 0 Å². The largest absolute Gasteiger partial charge is 0.445 e. The molecule has 2 aromatic heterocycles. The van der Waals surface area contributed by atoms with Crippen LogP contribution in [0.1, 0.15) is 47.4 Å². The van der Waals surface area contributed by atoms with Crippen molar-refractivity contribution in [3.63, 3.8) is 0 Å². The summed E-state index contributed by atoms with van der Waals surface area (Å²) >= 11 is 0. The van der Waals surface area contributed by atoms with E-state index in [1.165, 1.54) is 11.3 Å². The highest BCUT2D eigenvalue weighted by Gasteiger charge is 2.30.